The summed E-state index contributed by atoms with van der Waals surface area (Å²) in [6.45, 7) is 19.4. The molecule has 1 N–H and O–H groups in total. The second-order valence-corrected chi connectivity index (χ2v) is 25.2. The summed E-state index contributed by atoms with van der Waals surface area (Å²) >= 11 is 0. The van der Waals surface area contributed by atoms with Gasteiger partial charge in [0.2, 0.25) is 0 Å². The van der Waals surface area contributed by atoms with Crippen LogP contribution in [-0.4, -0.2) is 137 Å². The van der Waals surface area contributed by atoms with Gasteiger partial charge in [-0.05, 0) is 38.8 Å². The molecule has 266 valence electrons. The van der Waals surface area contributed by atoms with Crippen LogP contribution in [-0.2, 0) is 31.0 Å². The molecule has 0 aromatic rings. The Morgan fingerprint density at radius 2 is 1.07 bits per heavy atom. The fourth-order valence-corrected chi connectivity index (χ4v) is 17.9. The van der Waals surface area contributed by atoms with Crippen LogP contribution >= 0.6 is 0 Å². The quantitative estimate of drug-likeness (QED) is 0.134. The van der Waals surface area contributed by atoms with Gasteiger partial charge in [0.15, 0.2) is 1.43 Å². The molecule has 0 saturated carbocycles. The third-order valence-corrected chi connectivity index (χ3v) is 20.4. The van der Waals surface area contributed by atoms with Crippen LogP contribution in [0.1, 0.15) is 68.7 Å². The molecule has 0 bridgehead atoms. The lowest BCUT2D eigenvalue weighted by atomic mass is 10.2. The van der Waals surface area contributed by atoms with Crippen molar-refractivity contribution < 1.29 is 35.8 Å². The van der Waals surface area contributed by atoms with Crippen LogP contribution in [0.3, 0.4) is 0 Å². The van der Waals surface area contributed by atoms with Crippen LogP contribution in [0, 0.1) is 0 Å². The second kappa shape index (κ2) is 25.5. The van der Waals surface area contributed by atoms with Gasteiger partial charge in [-0.25, -0.2) is 0 Å². The highest BCUT2D eigenvalue weighted by Gasteiger charge is 2.42. The molecular formula is C29H76N2O8Si4. The molecule has 10 nitrogen and oxygen atoms in total. The van der Waals surface area contributed by atoms with E-state index in [2.05, 4.69) is 42.9 Å². The molecule has 14 heteroatoms. The van der Waals surface area contributed by atoms with Gasteiger partial charge in [-0.15, -0.1) is 0 Å². The van der Waals surface area contributed by atoms with E-state index in [-0.39, 0.29) is 29.7 Å². The van der Waals surface area contributed by atoms with Crippen molar-refractivity contribution in [2.75, 3.05) is 86.3 Å². The zero-order valence-corrected chi connectivity index (χ0v) is 30.5. The third kappa shape index (κ3) is 22.6. The Morgan fingerprint density at radius 3 is 1.44 bits per heavy atom. The van der Waals surface area contributed by atoms with Gasteiger partial charge in [-0.2, -0.15) is 0 Å². The zero-order valence-electron chi connectivity index (χ0n) is 27.5. The van der Waals surface area contributed by atoms with Crippen LogP contribution in [0.25, 0.3) is 0 Å². The number of unbranched alkanes of at least 4 members (excludes halogenated alkanes) is 4. The van der Waals surface area contributed by atoms with E-state index in [0.29, 0.717) is 0 Å². The molecule has 2 rings (SSSR count). The molecule has 43 heavy (non-hydrogen) atoms. The van der Waals surface area contributed by atoms with Crippen molar-refractivity contribution in [3.05, 3.63) is 0 Å². The van der Waals surface area contributed by atoms with Crippen LogP contribution in [0.2, 0.25) is 38.8 Å². The maximum absolute atomic E-state index is 7.52. The summed E-state index contributed by atoms with van der Waals surface area (Å²) < 4.78 is 47.7. The van der Waals surface area contributed by atoms with Gasteiger partial charge in [0.1, 0.15) is 0 Å². The van der Waals surface area contributed by atoms with E-state index in [1.807, 2.05) is 6.55 Å². The molecule has 2 aliphatic heterocycles. The number of nitrogens with zero attached hydrogens (tertiary/aromatic N) is 2. The van der Waals surface area contributed by atoms with Gasteiger partial charge in [0.25, 0.3) is 0 Å². The van der Waals surface area contributed by atoms with E-state index in [1.165, 1.54) is 25.7 Å². The first-order valence-corrected chi connectivity index (χ1v) is 25.1. The standard InChI is InChI=1S/C15H35NO4Si2.C10H25NO4Si2.4CH4/c1-5-6-7-8-9-14-21(3,17)20-22(4,18-2)15-16-10-12-19-13-11-16;1-12-16(3,4)15-17(5,13-2)10-11-6-8-14-9-7-11;;;;/h17H,5-15H2,1-4H3;6-10H2,1-5H3;4*1H4/i17D;;;;;. The van der Waals surface area contributed by atoms with Crippen LogP contribution in [0.4, 0.5) is 0 Å². The number of morpholine rings is 2. The van der Waals surface area contributed by atoms with Crippen molar-refractivity contribution in [1.29, 1.82) is 1.43 Å². The van der Waals surface area contributed by atoms with Crippen LogP contribution < -0.4 is 0 Å². The van der Waals surface area contributed by atoms with Gasteiger partial charge < -0.3 is 35.8 Å². The van der Waals surface area contributed by atoms with E-state index >= 15 is 0 Å². The summed E-state index contributed by atoms with van der Waals surface area (Å²) in [6, 6.07) is 0.870. The number of hydrogen-bond acceptors (Lipinski definition) is 10. The van der Waals surface area contributed by atoms with Crippen molar-refractivity contribution in [1.82, 2.24) is 9.80 Å². The van der Waals surface area contributed by atoms with Crippen molar-refractivity contribution in [3.63, 3.8) is 0 Å². The van der Waals surface area contributed by atoms with E-state index in [4.69, 9.17) is 37.2 Å². The van der Waals surface area contributed by atoms with E-state index in [1.54, 1.807) is 21.3 Å². The predicted molar refractivity (Wildman–Crippen MR) is 193 cm³/mol. The number of ether oxygens (including phenoxy) is 2. The second-order valence-electron chi connectivity index (χ2n) is 11.6. The van der Waals surface area contributed by atoms with Gasteiger partial charge >= 0.3 is 34.2 Å². The minimum absolute atomic E-state index is 0. The molecule has 2 aliphatic rings. The lowest BCUT2D eigenvalue weighted by Gasteiger charge is -2.37. The lowest BCUT2D eigenvalue weighted by molar-refractivity contribution is 0.0408. The molecular weight excluding hydrogens is 617 g/mol. The Labute approximate surface area is 274 Å². The fraction of sp³-hybridized carbons (Fsp3) is 1.00. The molecule has 2 heterocycles. The summed E-state index contributed by atoms with van der Waals surface area (Å²) in [5, 5.41) is 0. The summed E-state index contributed by atoms with van der Waals surface area (Å²) in [6.07, 6.45) is 7.75. The summed E-state index contributed by atoms with van der Waals surface area (Å²) in [5.74, 6) is 0. The van der Waals surface area contributed by atoms with Gasteiger partial charge in [-0.1, -0.05) is 68.7 Å². The Bertz CT molecular complexity index is 671. The highest BCUT2D eigenvalue weighted by atomic mass is 28.5. The van der Waals surface area contributed by atoms with E-state index < -0.39 is 34.2 Å². The summed E-state index contributed by atoms with van der Waals surface area (Å²) in [5.41, 5.74) is 0. The Morgan fingerprint density at radius 1 is 0.651 bits per heavy atom. The molecule has 0 aromatic carbocycles. The van der Waals surface area contributed by atoms with E-state index in [9.17, 15) is 0 Å². The van der Waals surface area contributed by atoms with Crippen LogP contribution in [0.5, 0.6) is 0 Å². The highest BCUT2D eigenvalue weighted by Crippen LogP contribution is 2.21. The van der Waals surface area contributed by atoms with Gasteiger partial charge in [-0.3, -0.25) is 9.80 Å². The topological polar surface area (TPSA) is 91.3 Å². The zero-order chi connectivity index (χ0) is 30.1. The lowest BCUT2D eigenvalue weighted by Crippen LogP contribution is -2.57. The largest absolute Gasteiger partial charge is 0.414 e. The van der Waals surface area contributed by atoms with Crippen molar-refractivity contribution in [2.24, 2.45) is 0 Å². The molecule has 0 aliphatic carbocycles. The highest BCUT2D eigenvalue weighted by molar-refractivity contribution is 6.80. The monoisotopic (exact) mass is 693 g/mol. The Kier molecular flexibility index (Phi) is 28.4. The number of hydrogen-bond donors (Lipinski definition) is 1. The average Bonchev–Trinajstić information content (AvgIpc) is 2.94. The normalized spacial score (nSPS) is 20.5. The summed E-state index contributed by atoms with van der Waals surface area (Å²) in [7, 11) is -3.85. The van der Waals surface area contributed by atoms with Crippen molar-refractivity contribution in [3.8, 4) is 0 Å². The molecule has 2 saturated heterocycles. The molecule has 0 amide bonds. The Hall–Kier alpha value is 0.468. The van der Waals surface area contributed by atoms with Crippen molar-refractivity contribution >= 4 is 34.2 Å². The first-order valence-electron chi connectivity index (χ1n) is 15.1. The van der Waals surface area contributed by atoms with Crippen molar-refractivity contribution in [2.45, 2.75) is 108 Å². The molecule has 0 radical (unpaired) electrons. The summed E-state index contributed by atoms with van der Waals surface area (Å²) in [4.78, 5) is 9.82. The molecule has 3 unspecified atom stereocenters. The maximum atomic E-state index is 7.52. The Balaban J connectivity index is -0.000000345. The maximum Gasteiger partial charge on any atom is 0.340 e. The molecule has 2 fully saturated rings. The number of rotatable bonds is 18. The molecule has 0 aromatic heterocycles. The average molecular weight is 694 g/mol. The molecule has 3 atom stereocenters. The van der Waals surface area contributed by atoms with Gasteiger partial charge in [0, 0.05) is 59.8 Å². The first-order chi connectivity index (χ1) is 18.9. The minimum atomic E-state index is -2.48. The van der Waals surface area contributed by atoms with E-state index in [0.717, 1.165) is 77.4 Å². The molecule has 0 spiro atoms. The van der Waals surface area contributed by atoms with Gasteiger partial charge in [0.05, 0.1) is 26.4 Å². The predicted octanol–water partition coefficient (Wildman–Crippen LogP) is 6.11. The van der Waals surface area contributed by atoms with Crippen LogP contribution in [0.15, 0.2) is 0 Å². The fourth-order valence-electron chi connectivity index (χ4n) is 4.73. The smallest absolute Gasteiger partial charge is 0.340 e. The minimum Gasteiger partial charge on any atom is -0.414 e. The third-order valence-electron chi connectivity index (χ3n) is 7.21. The first kappa shape index (κ1) is 47.9. The SMILES string of the molecule is C.C.C.C.CO[Si](C)(C)O[Si](C)(CN1CCOCC1)OC.[2H]O[Si](C)(CCCCCCC)O[Si](C)(CN1CCOCC1)OC.